The van der Waals surface area contributed by atoms with E-state index in [1.807, 2.05) is 45.9 Å². The zero-order valence-electron chi connectivity index (χ0n) is 19.6. The van der Waals surface area contributed by atoms with Crippen molar-refractivity contribution in [3.05, 3.63) is 36.0 Å². The fraction of sp³-hybridized carbons (Fsp3) is 0.458. The highest BCUT2D eigenvalue weighted by atomic mass is 16.6. The molecule has 9 nitrogen and oxygen atoms in total. The van der Waals surface area contributed by atoms with Crippen LogP contribution in [0, 0.1) is 5.92 Å². The normalized spacial score (nSPS) is 14.1. The average molecular weight is 458 g/mol. The van der Waals surface area contributed by atoms with E-state index in [4.69, 9.17) is 19.3 Å². The monoisotopic (exact) mass is 457 g/mol. The summed E-state index contributed by atoms with van der Waals surface area (Å²) in [5.74, 6) is 1.80. The Morgan fingerprint density at radius 2 is 1.97 bits per heavy atom. The van der Waals surface area contributed by atoms with Crippen molar-refractivity contribution in [3.8, 4) is 22.6 Å². The van der Waals surface area contributed by atoms with Gasteiger partial charge in [-0.15, -0.1) is 0 Å². The van der Waals surface area contributed by atoms with Crippen molar-refractivity contribution in [2.75, 3.05) is 11.9 Å². The second-order valence-electron chi connectivity index (χ2n) is 9.30. The number of nitrogens with zero attached hydrogens (tertiary/aromatic N) is 1. The van der Waals surface area contributed by atoms with Gasteiger partial charge in [0.1, 0.15) is 29.5 Å². The topological polar surface area (TPSA) is 119 Å². The second-order valence-corrected chi connectivity index (χ2v) is 9.30. The number of carboxylic acid groups (broad SMARTS) is 1. The fourth-order valence-corrected chi connectivity index (χ4v) is 3.59. The van der Waals surface area contributed by atoms with Gasteiger partial charge in [0.15, 0.2) is 0 Å². The second kappa shape index (κ2) is 9.97. The minimum absolute atomic E-state index is 0.0518. The van der Waals surface area contributed by atoms with Crippen molar-refractivity contribution >= 4 is 18.0 Å². The van der Waals surface area contributed by atoms with E-state index in [1.165, 1.54) is 0 Å². The molecule has 3 N–H and O–H groups in total. The molecule has 2 heterocycles. The Morgan fingerprint density at radius 3 is 2.67 bits per heavy atom. The van der Waals surface area contributed by atoms with Crippen molar-refractivity contribution in [2.45, 2.75) is 59.3 Å². The third-order valence-corrected chi connectivity index (χ3v) is 4.90. The van der Waals surface area contributed by atoms with Gasteiger partial charge in [0.25, 0.3) is 0 Å². The summed E-state index contributed by atoms with van der Waals surface area (Å²) >= 11 is 0. The van der Waals surface area contributed by atoms with E-state index in [1.54, 1.807) is 12.3 Å². The van der Waals surface area contributed by atoms with E-state index in [0.717, 1.165) is 23.1 Å². The van der Waals surface area contributed by atoms with Gasteiger partial charge >= 0.3 is 12.2 Å². The van der Waals surface area contributed by atoms with Crippen LogP contribution in [-0.2, 0) is 11.3 Å². The average Bonchev–Trinajstić information content (AvgIpc) is 2.69. The minimum Gasteiger partial charge on any atom is -0.493 e. The molecule has 1 aromatic heterocycles. The van der Waals surface area contributed by atoms with E-state index in [-0.39, 0.29) is 17.8 Å². The number of ether oxygens (including phenoxy) is 3. The maximum atomic E-state index is 11.9. The standard InChI is InChI=1S/C24H31N3O6/c1-14(8-15(2)26-23(30)33-24(3,4)5)12-31-17-6-7-18-19-10-21(27-22(28)29)25-11-16(19)13-32-20(18)9-17/h6-7,9-11,14-15H,8,12-13H2,1-5H3,(H,25,27)(H,26,30)(H,28,29). The van der Waals surface area contributed by atoms with E-state index in [2.05, 4.69) is 22.5 Å². The first-order valence-corrected chi connectivity index (χ1v) is 10.9. The fourth-order valence-electron chi connectivity index (χ4n) is 3.59. The van der Waals surface area contributed by atoms with E-state index >= 15 is 0 Å². The highest BCUT2D eigenvalue weighted by molar-refractivity contribution is 5.84. The molecule has 2 atom stereocenters. The molecule has 0 spiro atoms. The lowest BCUT2D eigenvalue weighted by atomic mass is 9.98. The van der Waals surface area contributed by atoms with Gasteiger partial charge in [-0.3, -0.25) is 5.32 Å². The molecule has 0 saturated heterocycles. The first-order valence-electron chi connectivity index (χ1n) is 10.9. The van der Waals surface area contributed by atoms with Crippen LogP contribution in [0.25, 0.3) is 11.1 Å². The number of hydrogen-bond donors (Lipinski definition) is 3. The lowest BCUT2D eigenvalue weighted by molar-refractivity contribution is 0.0500. The first kappa shape index (κ1) is 24.2. The number of amides is 2. The molecule has 2 aromatic rings. The summed E-state index contributed by atoms with van der Waals surface area (Å²) in [4.78, 5) is 26.9. The lowest BCUT2D eigenvalue weighted by Crippen LogP contribution is -2.38. The predicted molar refractivity (Wildman–Crippen MR) is 124 cm³/mol. The minimum atomic E-state index is -1.16. The molecule has 9 heteroatoms. The Kier molecular flexibility index (Phi) is 7.30. The number of carbonyl (C=O) groups is 2. The number of benzene rings is 1. The number of alkyl carbamates (subject to hydrolysis) is 1. The van der Waals surface area contributed by atoms with Crippen molar-refractivity contribution in [1.29, 1.82) is 0 Å². The SMILES string of the molecule is CC(COc1ccc2c(c1)OCc1cnc(NC(=O)O)cc1-2)CC(C)NC(=O)OC(C)(C)C. The summed E-state index contributed by atoms with van der Waals surface area (Å²) in [6.45, 7) is 10.3. The molecule has 0 fully saturated rings. The third kappa shape index (κ3) is 7.00. The largest absolute Gasteiger partial charge is 0.493 e. The molecule has 178 valence electrons. The Balaban J connectivity index is 1.57. The van der Waals surface area contributed by atoms with Crippen LogP contribution in [0.1, 0.15) is 46.6 Å². The Labute approximate surface area is 193 Å². The number of fused-ring (bicyclic) bond motifs is 3. The van der Waals surface area contributed by atoms with E-state index in [0.29, 0.717) is 24.7 Å². The molecule has 1 aromatic carbocycles. The summed E-state index contributed by atoms with van der Waals surface area (Å²) in [5, 5.41) is 14.1. The summed E-state index contributed by atoms with van der Waals surface area (Å²) in [6.07, 6.45) is 0.762. The van der Waals surface area contributed by atoms with Crippen LogP contribution in [0.15, 0.2) is 30.5 Å². The zero-order valence-corrected chi connectivity index (χ0v) is 19.6. The van der Waals surface area contributed by atoms with Crippen molar-refractivity contribution in [1.82, 2.24) is 10.3 Å². The van der Waals surface area contributed by atoms with Gasteiger partial charge in [-0.1, -0.05) is 6.92 Å². The Bertz CT molecular complexity index is 1020. The molecule has 3 rings (SSSR count). The molecule has 0 aliphatic carbocycles. The van der Waals surface area contributed by atoms with Crippen LogP contribution in [0.2, 0.25) is 0 Å². The van der Waals surface area contributed by atoms with Gasteiger partial charge in [0.2, 0.25) is 0 Å². The number of anilines is 1. The van der Waals surface area contributed by atoms with Gasteiger partial charge in [-0.25, -0.2) is 14.6 Å². The Morgan fingerprint density at radius 1 is 1.21 bits per heavy atom. The van der Waals surface area contributed by atoms with Gasteiger partial charge in [-0.2, -0.15) is 0 Å². The molecule has 1 aliphatic heterocycles. The maximum absolute atomic E-state index is 11.9. The molecule has 2 amide bonds. The smallest absolute Gasteiger partial charge is 0.410 e. The quantitative estimate of drug-likeness (QED) is 0.532. The van der Waals surface area contributed by atoms with E-state index in [9.17, 15) is 9.59 Å². The maximum Gasteiger partial charge on any atom is 0.410 e. The number of rotatable bonds is 7. The highest BCUT2D eigenvalue weighted by Gasteiger charge is 2.21. The van der Waals surface area contributed by atoms with Crippen molar-refractivity contribution in [2.24, 2.45) is 5.92 Å². The van der Waals surface area contributed by atoms with Crippen LogP contribution >= 0.6 is 0 Å². The molecule has 0 bridgehead atoms. The van der Waals surface area contributed by atoms with Gasteiger partial charge in [0, 0.05) is 29.4 Å². The van der Waals surface area contributed by atoms with Crippen LogP contribution in [-0.4, -0.2) is 40.5 Å². The number of aromatic nitrogens is 1. The summed E-state index contributed by atoms with van der Waals surface area (Å²) in [6, 6.07) is 7.23. The van der Waals surface area contributed by atoms with Gasteiger partial charge in [0.05, 0.1) is 6.61 Å². The van der Waals surface area contributed by atoms with Crippen LogP contribution in [0.4, 0.5) is 15.4 Å². The summed E-state index contributed by atoms with van der Waals surface area (Å²) in [5.41, 5.74) is 2.07. The third-order valence-electron chi connectivity index (χ3n) is 4.90. The highest BCUT2D eigenvalue weighted by Crippen LogP contribution is 2.40. The van der Waals surface area contributed by atoms with Crippen molar-refractivity contribution in [3.63, 3.8) is 0 Å². The number of nitrogens with one attached hydrogen (secondary N) is 2. The van der Waals surface area contributed by atoms with Crippen LogP contribution < -0.4 is 20.1 Å². The number of pyridine rings is 1. The molecule has 1 aliphatic rings. The molecule has 0 radical (unpaired) electrons. The predicted octanol–water partition coefficient (Wildman–Crippen LogP) is 5.05. The lowest BCUT2D eigenvalue weighted by Gasteiger charge is -2.24. The van der Waals surface area contributed by atoms with E-state index < -0.39 is 17.8 Å². The first-order chi connectivity index (χ1) is 15.5. The summed E-state index contributed by atoms with van der Waals surface area (Å²) < 4.78 is 17.1. The van der Waals surface area contributed by atoms with Gasteiger partial charge in [-0.05, 0) is 63.8 Å². The Hall–Kier alpha value is -3.49. The van der Waals surface area contributed by atoms with Crippen LogP contribution in [0.5, 0.6) is 11.5 Å². The molecular weight excluding hydrogens is 426 g/mol. The molecule has 2 unspecified atom stereocenters. The number of carbonyl (C=O) groups excluding carboxylic acids is 1. The molecule has 33 heavy (non-hydrogen) atoms. The van der Waals surface area contributed by atoms with Crippen LogP contribution in [0.3, 0.4) is 0 Å². The number of hydrogen-bond acceptors (Lipinski definition) is 6. The van der Waals surface area contributed by atoms with Gasteiger partial charge < -0.3 is 24.6 Å². The summed E-state index contributed by atoms with van der Waals surface area (Å²) in [7, 11) is 0. The molecular formula is C24H31N3O6. The zero-order chi connectivity index (χ0) is 24.2. The molecule has 0 saturated carbocycles. The van der Waals surface area contributed by atoms with Crippen molar-refractivity contribution < 1.29 is 28.9 Å².